The second kappa shape index (κ2) is 7.33. The Hall–Kier alpha value is -1.57. The zero-order chi connectivity index (χ0) is 16.2. The van der Waals surface area contributed by atoms with E-state index in [9.17, 15) is 0 Å². The van der Waals surface area contributed by atoms with E-state index in [1.54, 1.807) is 4.46 Å². The molecular weight excluding hydrogens is 349 g/mol. The van der Waals surface area contributed by atoms with Crippen molar-refractivity contribution in [2.45, 2.75) is 38.6 Å². The van der Waals surface area contributed by atoms with Gasteiger partial charge in [0.05, 0.1) is 0 Å². The quantitative estimate of drug-likeness (QED) is 0.735. The molecule has 2 aromatic rings. The fourth-order valence-corrected chi connectivity index (χ4v) is 5.44. The Labute approximate surface area is 145 Å². The summed E-state index contributed by atoms with van der Waals surface area (Å²) >= 11 is 0.521. The second-order valence-corrected chi connectivity index (χ2v) is 8.45. The second-order valence-electron chi connectivity index (χ2n) is 6.13. The molecule has 3 rings (SSSR count). The van der Waals surface area contributed by atoms with Crippen LogP contribution in [0.4, 0.5) is 0 Å². The molecule has 0 saturated carbocycles. The third-order valence-electron chi connectivity index (χ3n) is 4.04. The van der Waals surface area contributed by atoms with E-state index in [0.29, 0.717) is 21.0 Å². The Morgan fingerprint density at radius 2 is 1.78 bits per heavy atom. The van der Waals surface area contributed by atoms with Crippen LogP contribution in [0.25, 0.3) is 0 Å². The molecule has 0 unspecified atom stereocenters. The maximum atomic E-state index is 5.77. The average molecular weight is 372 g/mol. The maximum absolute atomic E-state index is 5.77. The zero-order valence-corrected chi connectivity index (χ0v) is 15.7. The molecule has 1 aliphatic heterocycles. The SMILES string of the molecule is Cc1cc(C)c([Se]CC[C@H]2COC(c3ccccc3)=N2)c(C)c1. The summed E-state index contributed by atoms with van der Waals surface area (Å²) in [6.07, 6.45) is 1.11. The Balaban J connectivity index is 1.57. The van der Waals surface area contributed by atoms with Crippen molar-refractivity contribution in [1.29, 1.82) is 0 Å². The molecule has 0 amide bonds. The fraction of sp³-hybridized carbons (Fsp3) is 0.350. The summed E-state index contributed by atoms with van der Waals surface area (Å²) in [5, 5.41) is 1.22. The van der Waals surface area contributed by atoms with E-state index in [1.165, 1.54) is 22.0 Å². The molecule has 23 heavy (non-hydrogen) atoms. The normalized spacial score (nSPS) is 17.0. The van der Waals surface area contributed by atoms with Crippen LogP contribution in [0.5, 0.6) is 0 Å². The van der Waals surface area contributed by atoms with Gasteiger partial charge < -0.3 is 0 Å². The number of nitrogens with zero attached hydrogens (tertiary/aromatic N) is 1. The summed E-state index contributed by atoms with van der Waals surface area (Å²) in [4.78, 5) is 4.75. The number of benzene rings is 2. The first-order valence-electron chi connectivity index (χ1n) is 8.10. The van der Waals surface area contributed by atoms with E-state index in [-0.39, 0.29) is 0 Å². The zero-order valence-electron chi connectivity index (χ0n) is 14.0. The Morgan fingerprint density at radius 1 is 1.09 bits per heavy atom. The van der Waals surface area contributed by atoms with Crippen molar-refractivity contribution < 1.29 is 4.74 Å². The molecule has 0 bridgehead atoms. The van der Waals surface area contributed by atoms with Crippen LogP contribution in [0.15, 0.2) is 47.5 Å². The summed E-state index contributed by atoms with van der Waals surface area (Å²) in [6, 6.07) is 15.1. The molecule has 3 heteroatoms. The number of rotatable bonds is 5. The monoisotopic (exact) mass is 373 g/mol. The van der Waals surface area contributed by atoms with E-state index in [4.69, 9.17) is 9.73 Å². The predicted octanol–water partition coefficient (Wildman–Crippen LogP) is 3.60. The predicted molar refractivity (Wildman–Crippen MR) is 98.2 cm³/mol. The van der Waals surface area contributed by atoms with Gasteiger partial charge in [0, 0.05) is 0 Å². The fourth-order valence-electron chi connectivity index (χ4n) is 2.99. The van der Waals surface area contributed by atoms with Crippen molar-refractivity contribution in [1.82, 2.24) is 0 Å². The molecule has 120 valence electrons. The molecule has 0 saturated heterocycles. The van der Waals surface area contributed by atoms with Crippen LogP contribution in [0.1, 0.15) is 28.7 Å². The van der Waals surface area contributed by atoms with Crippen molar-refractivity contribution in [2.24, 2.45) is 4.99 Å². The van der Waals surface area contributed by atoms with E-state index >= 15 is 0 Å². The van der Waals surface area contributed by atoms with Crippen molar-refractivity contribution in [3.63, 3.8) is 0 Å². The Kier molecular flexibility index (Phi) is 5.19. The van der Waals surface area contributed by atoms with Crippen molar-refractivity contribution >= 4 is 25.3 Å². The third kappa shape index (κ3) is 4.04. The van der Waals surface area contributed by atoms with Gasteiger partial charge >= 0.3 is 145 Å². The van der Waals surface area contributed by atoms with Crippen LogP contribution < -0.4 is 4.46 Å². The number of ether oxygens (including phenoxy) is 1. The van der Waals surface area contributed by atoms with Gasteiger partial charge in [-0.05, 0) is 0 Å². The number of aliphatic imine (C=N–C) groups is 1. The topological polar surface area (TPSA) is 21.6 Å². The summed E-state index contributed by atoms with van der Waals surface area (Å²) in [6.45, 7) is 7.38. The molecule has 0 N–H and O–H groups in total. The molecule has 1 heterocycles. The van der Waals surface area contributed by atoms with Crippen LogP contribution >= 0.6 is 0 Å². The molecule has 1 atom stereocenters. The van der Waals surface area contributed by atoms with E-state index in [0.717, 1.165) is 24.5 Å². The molecule has 0 spiro atoms. The standard InChI is InChI=1S/C20H23NOSe/c1-14-11-15(2)19(16(3)12-14)23-10-9-18-13-22-20(21-18)17-7-5-4-6-8-17/h4-8,11-12,18H,9-10,13H2,1-3H3/t18-/m0/s1. The van der Waals surface area contributed by atoms with E-state index < -0.39 is 0 Å². The van der Waals surface area contributed by atoms with Crippen molar-refractivity contribution in [3.8, 4) is 0 Å². The summed E-state index contributed by atoms with van der Waals surface area (Å²) < 4.78 is 7.34. The van der Waals surface area contributed by atoms with Gasteiger partial charge in [0.15, 0.2) is 0 Å². The Morgan fingerprint density at radius 3 is 2.48 bits per heavy atom. The third-order valence-corrected chi connectivity index (χ3v) is 6.91. The van der Waals surface area contributed by atoms with Crippen LogP contribution in [-0.2, 0) is 4.74 Å². The van der Waals surface area contributed by atoms with Gasteiger partial charge in [0.25, 0.3) is 0 Å². The first-order chi connectivity index (χ1) is 11.1. The molecule has 2 nitrogen and oxygen atoms in total. The van der Waals surface area contributed by atoms with Gasteiger partial charge in [-0.3, -0.25) is 0 Å². The summed E-state index contributed by atoms with van der Waals surface area (Å²) in [5.41, 5.74) is 5.34. The van der Waals surface area contributed by atoms with Gasteiger partial charge in [-0.15, -0.1) is 0 Å². The van der Waals surface area contributed by atoms with Crippen LogP contribution in [0.2, 0.25) is 5.32 Å². The molecule has 0 fully saturated rings. The minimum absolute atomic E-state index is 0.318. The Bertz CT molecular complexity index is 686. The van der Waals surface area contributed by atoms with E-state index in [1.807, 2.05) is 18.2 Å². The van der Waals surface area contributed by atoms with Crippen molar-refractivity contribution in [2.75, 3.05) is 6.61 Å². The first-order valence-corrected chi connectivity index (χ1v) is 10.2. The molecule has 0 aliphatic carbocycles. The summed E-state index contributed by atoms with van der Waals surface area (Å²) in [7, 11) is 0. The van der Waals surface area contributed by atoms with Crippen LogP contribution in [-0.4, -0.2) is 33.5 Å². The van der Waals surface area contributed by atoms with Gasteiger partial charge in [-0.25, -0.2) is 0 Å². The van der Waals surface area contributed by atoms with Gasteiger partial charge in [0.1, 0.15) is 0 Å². The van der Waals surface area contributed by atoms with Crippen molar-refractivity contribution in [3.05, 3.63) is 64.7 Å². The number of aryl methyl sites for hydroxylation is 3. The first kappa shape index (κ1) is 16.3. The molecule has 0 radical (unpaired) electrons. The van der Waals surface area contributed by atoms with Crippen LogP contribution in [0, 0.1) is 20.8 Å². The molecule has 0 aromatic heterocycles. The average Bonchev–Trinajstić information content (AvgIpc) is 2.99. The van der Waals surface area contributed by atoms with Crippen LogP contribution in [0.3, 0.4) is 0 Å². The van der Waals surface area contributed by atoms with Gasteiger partial charge in [0.2, 0.25) is 0 Å². The van der Waals surface area contributed by atoms with Gasteiger partial charge in [-0.2, -0.15) is 0 Å². The summed E-state index contributed by atoms with van der Waals surface area (Å²) in [5.74, 6) is 0.811. The van der Waals surface area contributed by atoms with Gasteiger partial charge in [-0.1, -0.05) is 0 Å². The number of hydrogen-bond donors (Lipinski definition) is 0. The van der Waals surface area contributed by atoms with E-state index in [2.05, 4.69) is 45.0 Å². The molecule has 1 aliphatic rings. The molecular formula is C20H23NOSe. The minimum atomic E-state index is 0.318. The molecule has 2 aromatic carbocycles. The number of hydrogen-bond acceptors (Lipinski definition) is 2.